The summed E-state index contributed by atoms with van der Waals surface area (Å²) >= 11 is 0. The van der Waals surface area contributed by atoms with Gasteiger partial charge in [0, 0.05) is 29.2 Å². The van der Waals surface area contributed by atoms with Crippen molar-refractivity contribution >= 4 is 10.9 Å². The normalized spacial score (nSPS) is 24.4. The van der Waals surface area contributed by atoms with Gasteiger partial charge in [-0.1, -0.05) is 18.2 Å². The van der Waals surface area contributed by atoms with E-state index >= 15 is 0 Å². The number of benzene rings is 1. The van der Waals surface area contributed by atoms with Crippen molar-refractivity contribution in [1.29, 1.82) is 0 Å². The van der Waals surface area contributed by atoms with E-state index in [2.05, 4.69) is 34.6 Å². The number of rotatable bonds is 3. The molecule has 1 unspecified atom stereocenters. The van der Waals surface area contributed by atoms with Gasteiger partial charge in [0.15, 0.2) is 0 Å². The molecule has 4 rings (SSSR count). The van der Waals surface area contributed by atoms with Gasteiger partial charge in [-0.25, -0.2) is 0 Å². The number of aromatic nitrogens is 1. The van der Waals surface area contributed by atoms with Gasteiger partial charge in [-0.15, -0.1) is 0 Å². The standard InChI is InChI=1S/C17H22N2O/c20-17(8-3-9-17)11-18-12-6-7-16-14(10-12)13-4-1-2-5-15(13)19-16/h1-2,4-5,12,18-20H,3,6-11H2. The van der Waals surface area contributed by atoms with Crippen molar-refractivity contribution in [3.63, 3.8) is 0 Å². The summed E-state index contributed by atoms with van der Waals surface area (Å²) in [6, 6.07) is 9.09. The third-order valence-corrected chi connectivity index (χ3v) is 5.10. The van der Waals surface area contributed by atoms with Crippen LogP contribution in [0, 0.1) is 0 Å². The molecule has 106 valence electrons. The average molecular weight is 270 g/mol. The number of aliphatic hydroxyl groups is 1. The van der Waals surface area contributed by atoms with Gasteiger partial charge in [-0.05, 0) is 50.2 Å². The Balaban J connectivity index is 1.50. The molecule has 3 heteroatoms. The molecule has 2 aliphatic rings. The van der Waals surface area contributed by atoms with Crippen LogP contribution in [0.15, 0.2) is 24.3 Å². The van der Waals surface area contributed by atoms with Gasteiger partial charge in [-0.2, -0.15) is 0 Å². The van der Waals surface area contributed by atoms with Gasteiger partial charge in [0.1, 0.15) is 0 Å². The number of hydrogen-bond donors (Lipinski definition) is 3. The van der Waals surface area contributed by atoms with E-state index in [4.69, 9.17) is 0 Å². The Bertz CT molecular complexity index is 627. The molecule has 1 atom stereocenters. The molecule has 20 heavy (non-hydrogen) atoms. The fourth-order valence-electron chi connectivity index (χ4n) is 3.64. The van der Waals surface area contributed by atoms with E-state index < -0.39 is 5.60 Å². The minimum Gasteiger partial charge on any atom is -0.389 e. The largest absolute Gasteiger partial charge is 0.389 e. The Hall–Kier alpha value is -1.32. The number of aryl methyl sites for hydroxylation is 1. The Morgan fingerprint density at radius 3 is 2.95 bits per heavy atom. The van der Waals surface area contributed by atoms with Gasteiger partial charge in [0.05, 0.1) is 5.60 Å². The molecule has 1 aromatic carbocycles. The SMILES string of the molecule is OC1(CNC2CCc3[nH]c4ccccc4c3C2)CCC1. The number of hydrogen-bond acceptors (Lipinski definition) is 2. The van der Waals surface area contributed by atoms with Crippen molar-refractivity contribution < 1.29 is 5.11 Å². The molecule has 3 nitrogen and oxygen atoms in total. The van der Waals surface area contributed by atoms with Gasteiger partial charge in [0.25, 0.3) is 0 Å². The zero-order chi connectivity index (χ0) is 13.6. The zero-order valence-electron chi connectivity index (χ0n) is 11.8. The Kier molecular flexibility index (Phi) is 2.86. The molecule has 0 spiro atoms. The first-order chi connectivity index (χ1) is 9.73. The van der Waals surface area contributed by atoms with E-state index in [1.807, 2.05) is 0 Å². The molecule has 0 radical (unpaired) electrons. The van der Waals surface area contributed by atoms with Crippen molar-refractivity contribution in [2.45, 2.75) is 50.2 Å². The summed E-state index contributed by atoms with van der Waals surface area (Å²) in [6.07, 6.45) is 6.46. The topological polar surface area (TPSA) is 48.0 Å². The summed E-state index contributed by atoms with van der Waals surface area (Å²) in [6.45, 7) is 0.759. The maximum Gasteiger partial charge on any atom is 0.0771 e. The molecule has 1 heterocycles. The molecule has 1 saturated carbocycles. The number of para-hydroxylation sites is 1. The molecule has 3 N–H and O–H groups in total. The van der Waals surface area contributed by atoms with Gasteiger partial charge < -0.3 is 15.4 Å². The number of H-pyrrole nitrogens is 1. The molecular weight excluding hydrogens is 248 g/mol. The predicted octanol–water partition coefficient (Wildman–Crippen LogP) is 2.53. The Labute approximate surface area is 119 Å². The first-order valence-corrected chi connectivity index (χ1v) is 7.78. The molecule has 2 aliphatic carbocycles. The van der Waals surface area contributed by atoms with E-state index in [-0.39, 0.29) is 0 Å². The highest BCUT2D eigenvalue weighted by atomic mass is 16.3. The summed E-state index contributed by atoms with van der Waals surface area (Å²) < 4.78 is 0. The van der Waals surface area contributed by atoms with Crippen LogP contribution in [0.1, 0.15) is 36.9 Å². The minimum absolute atomic E-state index is 0.416. The number of fused-ring (bicyclic) bond motifs is 3. The van der Waals surface area contributed by atoms with Crippen LogP contribution in [0.5, 0.6) is 0 Å². The van der Waals surface area contributed by atoms with E-state index in [1.165, 1.54) is 28.6 Å². The monoisotopic (exact) mass is 270 g/mol. The second-order valence-corrected chi connectivity index (χ2v) is 6.53. The van der Waals surface area contributed by atoms with Crippen LogP contribution in [0.2, 0.25) is 0 Å². The quantitative estimate of drug-likeness (QED) is 0.802. The van der Waals surface area contributed by atoms with Crippen LogP contribution in [-0.4, -0.2) is 28.3 Å². The maximum atomic E-state index is 10.2. The molecule has 0 bridgehead atoms. The molecule has 0 amide bonds. The second-order valence-electron chi connectivity index (χ2n) is 6.53. The van der Waals surface area contributed by atoms with Crippen molar-refractivity contribution in [3.8, 4) is 0 Å². The Morgan fingerprint density at radius 1 is 1.30 bits per heavy atom. The molecule has 0 aliphatic heterocycles. The average Bonchev–Trinajstić information content (AvgIpc) is 2.81. The van der Waals surface area contributed by atoms with Gasteiger partial charge >= 0.3 is 0 Å². The molecule has 0 saturated heterocycles. The zero-order valence-corrected chi connectivity index (χ0v) is 11.8. The van der Waals surface area contributed by atoms with Gasteiger partial charge in [0.2, 0.25) is 0 Å². The molecule has 2 aromatic rings. The lowest BCUT2D eigenvalue weighted by molar-refractivity contribution is -0.0334. The highest BCUT2D eigenvalue weighted by molar-refractivity contribution is 5.84. The second kappa shape index (κ2) is 4.61. The third kappa shape index (κ3) is 2.05. The molecular formula is C17H22N2O. The number of nitrogens with one attached hydrogen (secondary N) is 2. The van der Waals surface area contributed by atoms with Crippen molar-refractivity contribution in [2.24, 2.45) is 0 Å². The molecule has 1 fully saturated rings. The highest BCUT2D eigenvalue weighted by Gasteiger charge is 2.35. The summed E-state index contributed by atoms with van der Waals surface area (Å²) in [7, 11) is 0. The lowest BCUT2D eigenvalue weighted by atomic mass is 9.80. The van der Waals surface area contributed by atoms with Crippen LogP contribution in [0.3, 0.4) is 0 Å². The van der Waals surface area contributed by atoms with Crippen LogP contribution in [0.25, 0.3) is 10.9 Å². The summed E-state index contributed by atoms with van der Waals surface area (Å²) in [4.78, 5) is 3.55. The van der Waals surface area contributed by atoms with Crippen molar-refractivity contribution in [2.75, 3.05) is 6.54 Å². The predicted molar refractivity (Wildman–Crippen MR) is 80.9 cm³/mol. The minimum atomic E-state index is -0.416. The first-order valence-electron chi connectivity index (χ1n) is 7.78. The smallest absolute Gasteiger partial charge is 0.0771 e. The maximum absolute atomic E-state index is 10.2. The van der Waals surface area contributed by atoms with Crippen molar-refractivity contribution in [1.82, 2.24) is 10.3 Å². The molecule has 1 aromatic heterocycles. The van der Waals surface area contributed by atoms with E-state index in [1.54, 1.807) is 0 Å². The summed E-state index contributed by atoms with van der Waals surface area (Å²) in [5.41, 5.74) is 3.73. The van der Waals surface area contributed by atoms with Crippen LogP contribution < -0.4 is 5.32 Å². The van der Waals surface area contributed by atoms with Crippen LogP contribution in [-0.2, 0) is 12.8 Å². The third-order valence-electron chi connectivity index (χ3n) is 5.10. The first kappa shape index (κ1) is 12.4. The summed E-state index contributed by atoms with van der Waals surface area (Å²) in [5, 5.41) is 15.2. The number of aromatic amines is 1. The summed E-state index contributed by atoms with van der Waals surface area (Å²) in [5.74, 6) is 0. The van der Waals surface area contributed by atoms with E-state index in [0.29, 0.717) is 6.04 Å². The van der Waals surface area contributed by atoms with Crippen molar-refractivity contribution in [3.05, 3.63) is 35.5 Å². The lowest BCUT2D eigenvalue weighted by Gasteiger charge is -2.38. The van der Waals surface area contributed by atoms with E-state index in [0.717, 1.165) is 38.6 Å². The fourth-order valence-corrected chi connectivity index (χ4v) is 3.64. The lowest BCUT2D eigenvalue weighted by Crippen LogP contribution is -2.49. The van der Waals surface area contributed by atoms with Crippen LogP contribution in [0.4, 0.5) is 0 Å². The van der Waals surface area contributed by atoms with E-state index in [9.17, 15) is 5.11 Å². The van der Waals surface area contributed by atoms with Crippen LogP contribution >= 0.6 is 0 Å². The Morgan fingerprint density at radius 2 is 2.15 bits per heavy atom. The highest BCUT2D eigenvalue weighted by Crippen LogP contribution is 2.32. The fraction of sp³-hybridized carbons (Fsp3) is 0.529. The van der Waals surface area contributed by atoms with Gasteiger partial charge in [-0.3, -0.25) is 0 Å².